The first kappa shape index (κ1) is 18.8. The number of hydrogen-bond donors (Lipinski definition) is 1. The van der Waals surface area contributed by atoms with Crippen LogP contribution < -0.4 is 5.32 Å². The van der Waals surface area contributed by atoms with E-state index in [9.17, 15) is 0 Å². The third kappa shape index (κ3) is 3.94. The van der Waals surface area contributed by atoms with Crippen LogP contribution in [0.15, 0.2) is 53.7 Å². The fraction of sp³-hybridized carbons (Fsp3) is 0.421. The molecular formula is C19H27IN4. The van der Waals surface area contributed by atoms with Gasteiger partial charge in [0.15, 0.2) is 5.96 Å². The first-order valence-electron chi connectivity index (χ1n) is 8.24. The number of aryl methyl sites for hydroxylation is 1. The molecule has 0 spiro atoms. The van der Waals surface area contributed by atoms with E-state index in [0.29, 0.717) is 0 Å². The predicted octanol–water partition coefficient (Wildman–Crippen LogP) is 3.38. The molecule has 0 aliphatic carbocycles. The molecule has 1 aromatic carbocycles. The van der Waals surface area contributed by atoms with Crippen LogP contribution in [0.1, 0.15) is 24.6 Å². The van der Waals surface area contributed by atoms with Gasteiger partial charge < -0.3 is 14.8 Å². The van der Waals surface area contributed by atoms with E-state index in [1.54, 1.807) is 0 Å². The van der Waals surface area contributed by atoms with Gasteiger partial charge in [-0.05, 0) is 24.1 Å². The van der Waals surface area contributed by atoms with Gasteiger partial charge in [-0.2, -0.15) is 0 Å². The van der Waals surface area contributed by atoms with Crippen molar-refractivity contribution in [1.82, 2.24) is 14.8 Å². The average molecular weight is 438 g/mol. The molecule has 2 aromatic rings. The van der Waals surface area contributed by atoms with E-state index >= 15 is 0 Å². The third-order valence-corrected chi connectivity index (χ3v) is 4.93. The number of rotatable bonds is 3. The second-order valence-corrected chi connectivity index (χ2v) is 6.61. The minimum atomic E-state index is 0. The average Bonchev–Trinajstić information content (AvgIpc) is 3.16. The van der Waals surface area contributed by atoms with E-state index in [4.69, 9.17) is 0 Å². The Morgan fingerprint density at radius 1 is 1.21 bits per heavy atom. The van der Waals surface area contributed by atoms with Gasteiger partial charge >= 0.3 is 0 Å². The highest BCUT2D eigenvalue weighted by Gasteiger charge is 2.36. The molecular weight excluding hydrogens is 411 g/mol. The number of halogens is 1. The zero-order chi connectivity index (χ0) is 16.3. The molecule has 1 unspecified atom stereocenters. The normalized spacial score (nSPS) is 20.8. The Morgan fingerprint density at radius 3 is 2.58 bits per heavy atom. The molecule has 1 aliphatic heterocycles. The van der Waals surface area contributed by atoms with E-state index in [2.05, 4.69) is 82.4 Å². The van der Waals surface area contributed by atoms with Crippen LogP contribution in [0.5, 0.6) is 0 Å². The molecule has 1 aliphatic rings. The largest absolute Gasteiger partial charge is 0.353 e. The monoisotopic (exact) mass is 438 g/mol. The SMILES string of the molecule is CN=C(NCc1cccn1C)N1CCC(C)(c2ccccc2)C1.I. The lowest BCUT2D eigenvalue weighted by molar-refractivity contribution is 0.438. The van der Waals surface area contributed by atoms with Crippen LogP contribution in [0.3, 0.4) is 0 Å². The predicted molar refractivity (Wildman–Crippen MR) is 111 cm³/mol. The van der Waals surface area contributed by atoms with Crippen molar-refractivity contribution >= 4 is 29.9 Å². The zero-order valence-corrected chi connectivity index (χ0v) is 17.0. The summed E-state index contributed by atoms with van der Waals surface area (Å²) >= 11 is 0. The van der Waals surface area contributed by atoms with E-state index in [-0.39, 0.29) is 29.4 Å². The summed E-state index contributed by atoms with van der Waals surface area (Å²) in [6.45, 7) is 5.20. The molecule has 5 heteroatoms. The highest BCUT2D eigenvalue weighted by atomic mass is 127. The Hall–Kier alpha value is -1.50. The molecule has 1 saturated heterocycles. The molecule has 0 bridgehead atoms. The highest BCUT2D eigenvalue weighted by molar-refractivity contribution is 14.0. The fourth-order valence-electron chi connectivity index (χ4n) is 3.40. The molecule has 130 valence electrons. The lowest BCUT2D eigenvalue weighted by Gasteiger charge is -2.27. The minimum absolute atomic E-state index is 0. The van der Waals surface area contributed by atoms with Crippen molar-refractivity contribution in [2.75, 3.05) is 20.1 Å². The zero-order valence-electron chi connectivity index (χ0n) is 14.7. The summed E-state index contributed by atoms with van der Waals surface area (Å²) in [5.41, 5.74) is 2.88. The molecule has 1 atom stereocenters. The number of benzene rings is 1. The molecule has 2 heterocycles. The Bertz CT molecular complexity index is 680. The first-order valence-corrected chi connectivity index (χ1v) is 8.24. The van der Waals surface area contributed by atoms with Gasteiger partial charge in [-0.1, -0.05) is 37.3 Å². The summed E-state index contributed by atoms with van der Waals surface area (Å²) < 4.78 is 2.14. The van der Waals surface area contributed by atoms with Crippen molar-refractivity contribution in [2.24, 2.45) is 12.0 Å². The van der Waals surface area contributed by atoms with Crippen LogP contribution >= 0.6 is 24.0 Å². The number of aliphatic imine (C=N–C) groups is 1. The van der Waals surface area contributed by atoms with E-state index in [1.165, 1.54) is 11.3 Å². The Balaban J connectivity index is 0.00000208. The molecule has 1 fully saturated rings. The van der Waals surface area contributed by atoms with Crippen LogP contribution in [-0.2, 0) is 19.0 Å². The van der Waals surface area contributed by atoms with Crippen LogP contribution in [0, 0.1) is 0 Å². The molecule has 4 nitrogen and oxygen atoms in total. The van der Waals surface area contributed by atoms with Gasteiger partial charge in [0.2, 0.25) is 0 Å². The maximum atomic E-state index is 4.48. The second-order valence-electron chi connectivity index (χ2n) is 6.61. The highest BCUT2D eigenvalue weighted by Crippen LogP contribution is 2.33. The topological polar surface area (TPSA) is 32.6 Å². The maximum absolute atomic E-state index is 4.48. The van der Waals surface area contributed by atoms with Crippen LogP contribution in [0.25, 0.3) is 0 Å². The smallest absolute Gasteiger partial charge is 0.193 e. The lowest BCUT2D eigenvalue weighted by atomic mass is 9.82. The molecule has 1 aromatic heterocycles. The summed E-state index contributed by atoms with van der Waals surface area (Å²) in [7, 11) is 3.94. The van der Waals surface area contributed by atoms with E-state index in [0.717, 1.165) is 32.0 Å². The van der Waals surface area contributed by atoms with Crippen molar-refractivity contribution in [3.05, 3.63) is 59.9 Å². The Kier molecular flexibility index (Phi) is 6.32. The number of aromatic nitrogens is 1. The number of hydrogen-bond acceptors (Lipinski definition) is 1. The van der Waals surface area contributed by atoms with E-state index in [1.807, 2.05) is 7.05 Å². The van der Waals surface area contributed by atoms with Gasteiger partial charge in [0.05, 0.1) is 6.54 Å². The van der Waals surface area contributed by atoms with Crippen molar-refractivity contribution < 1.29 is 0 Å². The molecule has 1 N–H and O–H groups in total. The fourth-order valence-corrected chi connectivity index (χ4v) is 3.40. The van der Waals surface area contributed by atoms with Gasteiger partial charge in [0.1, 0.15) is 0 Å². The maximum Gasteiger partial charge on any atom is 0.193 e. The van der Waals surface area contributed by atoms with Gasteiger partial charge in [-0.15, -0.1) is 24.0 Å². The summed E-state index contributed by atoms with van der Waals surface area (Å²) in [6, 6.07) is 15.0. The van der Waals surface area contributed by atoms with Gasteiger partial charge in [0.25, 0.3) is 0 Å². The third-order valence-electron chi connectivity index (χ3n) is 4.93. The minimum Gasteiger partial charge on any atom is -0.353 e. The molecule has 0 radical (unpaired) electrons. The number of nitrogens with one attached hydrogen (secondary N) is 1. The molecule has 0 amide bonds. The second kappa shape index (κ2) is 8.05. The first-order chi connectivity index (χ1) is 11.1. The van der Waals surface area contributed by atoms with Gasteiger partial charge in [0, 0.05) is 44.5 Å². The molecule has 24 heavy (non-hydrogen) atoms. The van der Waals surface area contributed by atoms with E-state index < -0.39 is 0 Å². The van der Waals surface area contributed by atoms with Crippen LogP contribution in [0.4, 0.5) is 0 Å². The standard InChI is InChI=1S/C19H26N4.HI/c1-19(16-8-5-4-6-9-16)11-13-23(15-19)18(20-2)21-14-17-10-7-12-22(17)3;/h4-10,12H,11,13-15H2,1-3H3,(H,20,21);1H. The van der Waals surface area contributed by atoms with Gasteiger partial charge in [-0.25, -0.2) is 0 Å². The summed E-state index contributed by atoms with van der Waals surface area (Å²) in [5, 5.41) is 3.50. The molecule has 3 rings (SSSR count). The number of nitrogens with zero attached hydrogens (tertiary/aromatic N) is 3. The Labute approximate surface area is 162 Å². The van der Waals surface area contributed by atoms with Gasteiger partial charge in [-0.3, -0.25) is 4.99 Å². The summed E-state index contributed by atoms with van der Waals surface area (Å²) in [4.78, 5) is 6.85. The van der Waals surface area contributed by atoms with Crippen molar-refractivity contribution in [2.45, 2.75) is 25.3 Å². The van der Waals surface area contributed by atoms with Crippen LogP contribution in [0.2, 0.25) is 0 Å². The van der Waals surface area contributed by atoms with Crippen molar-refractivity contribution in [1.29, 1.82) is 0 Å². The summed E-state index contributed by atoms with van der Waals surface area (Å²) in [6.07, 6.45) is 3.23. The lowest BCUT2D eigenvalue weighted by Crippen LogP contribution is -2.41. The number of likely N-dealkylation sites (tertiary alicyclic amines) is 1. The Morgan fingerprint density at radius 2 is 1.96 bits per heavy atom. The van der Waals surface area contributed by atoms with Crippen molar-refractivity contribution in [3.8, 4) is 0 Å². The van der Waals surface area contributed by atoms with Crippen LogP contribution in [-0.4, -0.2) is 35.6 Å². The quantitative estimate of drug-likeness (QED) is 0.453. The summed E-state index contributed by atoms with van der Waals surface area (Å²) in [5.74, 6) is 0.992. The number of guanidine groups is 1. The molecule has 0 saturated carbocycles. The van der Waals surface area contributed by atoms with Crippen molar-refractivity contribution in [3.63, 3.8) is 0 Å².